The number of carbonyl (C=O) groups is 3. The standard InChI is InChI=1S/C21H19ClN2O5/c1-11(20(28)23-10-18(26)27)19-12(2)24(17-7-6-15(25)9-16(17)19)21(29)13-4-3-5-14(22)8-13/h3-9,11,25H,10H2,1-2H3,(H,23,28)(H,26,27). The Morgan fingerprint density at radius 3 is 2.55 bits per heavy atom. The van der Waals surface area contributed by atoms with E-state index >= 15 is 0 Å². The lowest BCUT2D eigenvalue weighted by molar-refractivity contribution is -0.138. The molecule has 3 N–H and O–H groups in total. The fourth-order valence-corrected chi connectivity index (χ4v) is 3.63. The van der Waals surface area contributed by atoms with Crippen LogP contribution in [0.15, 0.2) is 42.5 Å². The molecule has 3 aromatic rings. The summed E-state index contributed by atoms with van der Waals surface area (Å²) >= 11 is 6.02. The molecule has 0 aliphatic carbocycles. The van der Waals surface area contributed by atoms with E-state index in [1.165, 1.54) is 16.7 Å². The van der Waals surface area contributed by atoms with E-state index < -0.39 is 24.3 Å². The van der Waals surface area contributed by atoms with Crippen molar-refractivity contribution in [2.24, 2.45) is 0 Å². The van der Waals surface area contributed by atoms with E-state index in [1.54, 1.807) is 44.2 Å². The summed E-state index contributed by atoms with van der Waals surface area (Å²) in [7, 11) is 0. The summed E-state index contributed by atoms with van der Waals surface area (Å²) in [5.41, 5.74) is 1.96. The first-order valence-electron chi connectivity index (χ1n) is 8.84. The highest BCUT2D eigenvalue weighted by molar-refractivity contribution is 6.31. The van der Waals surface area contributed by atoms with Crippen molar-refractivity contribution in [3.05, 3.63) is 64.3 Å². The largest absolute Gasteiger partial charge is 0.508 e. The van der Waals surface area contributed by atoms with Gasteiger partial charge in [0.25, 0.3) is 5.91 Å². The van der Waals surface area contributed by atoms with Crippen molar-refractivity contribution in [3.63, 3.8) is 0 Å². The van der Waals surface area contributed by atoms with Gasteiger partial charge in [-0.05, 0) is 55.8 Å². The van der Waals surface area contributed by atoms with Crippen LogP contribution in [-0.2, 0) is 9.59 Å². The lowest BCUT2D eigenvalue weighted by Gasteiger charge is -2.13. The van der Waals surface area contributed by atoms with E-state index in [9.17, 15) is 19.5 Å². The minimum atomic E-state index is -1.15. The molecule has 29 heavy (non-hydrogen) atoms. The van der Waals surface area contributed by atoms with Gasteiger partial charge in [0, 0.05) is 21.7 Å². The van der Waals surface area contributed by atoms with Gasteiger partial charge in [0.05, 0.1) is 11.4 Å². The zero-order valence-corrected chi connectivity index (χ0v) is 16.5. The fourth-order valence-electron chi connectivity index (χ4n) is 3.44. The quantitative estimate of drug-likeness (QED) is 0.593. The molecule has 1 aromatic heterocycles. The number of phenols is 1. The Morgan fingerprint density at radius 2 is 1.90 bits per heavy atom. The highest BCUT2D eigenvalue weighted by atomic mass is 35.5. The van der Waals surface area contributed by atoms with Gasteiger partial charge in [-0.3, -0.25) is 19.0 Å². The maximum Gasteiger partial charge on any atom is 0.322 e. The first kappa shape index (κ1) is 20.4. The number of carboxylic acid groups (broad SMARTS) is 1. The Balaban J connectivity index is 2.15. The van der Waals surface area contributed by atoms with Crippen molar-refractivity contribution in [2.45, 2.75) is 19.8 Å². The Kier molecular flexibility index (Phi) is 5.61. The molecule has 1 amide bonds. The third-order valence-corrected chi connectivity index (χ3v) is 4.99. The van der Waals surface area contributed by atoms with Gasteiger partial charge in [-0.1, -0.05) is 17.7 Å². The second kappa shape index (κ2) is 7.97. The van der Waals surface area contributed by atoms with Gasteiger partial charge in [0.15, 0.2) is 0 Å². The molecule has 0 radical (unpaired) electrons. The highest BCUT2D eigenvalue weighted by Crippen LogP contribution is 2.34. The molecule has 1 unspecified atom stereocenters. The van der Waals surface area contributed by atoms with Crippen LogP contribution in [0.1, 0.15) is 34.5 Å². The van der Waals surface area contributed by atoms with Crippen LogP contribution in [-0.4, -0.2) is 39.1 Å². The summed E-state index contributed by atoms with van der Waals surface area (Å²) in [6.07, 6.45) is 0. The van der Waals surface area contributed by atoms with Crippen LogP contribution in [0.4, 0.5) is 0 Å². The smallest absolute Gasteiger partial charge is 0.322 e. The zero-order chi connectivity index (χ0) is 21.3. The average Bonchev–Trinajstić information content (AvgIpc) is 2.95. The minimum absolute atomic E-state index is 0.00995. The molecular formula is C21H19ClN2O5. The van der Waals surface area contributed by atoms with Gasteiger partial charge in [0.2, 0.25) is 5.91 Å². The zero-order valence-electron chi connectivity index (χ0n) is 15.8. The molecule has 3 rings (SSSR count). The number of aliphatic carboxylic acids is 1. The molecule has 0 aliphatic heterocycles. The minimum Gasteiger partial charge on any atom is -0.508 e. The first-order valence-corrected chi connectivity index (χ1v) is 9.22. The lowest BCUT2D eigenvalue weighted by Crippen LogP contribution is -2.32. The van der Waals surface area contributed by atoms with Gasteiger partial charge in [-0.2, -0.15) is 0 Å². The SMILES string of the molecule is Cc1c(C(C)C(=O)NCC(=O)O)c2cc(O)ccc2n1C(=O)c1cccc(Cl)c1. The number of carbonyl (C=O) groups excluding carboxylic acids is 2. The number of rotatable bonds is 5. The van der Waals surface area contributed by atoms with Crippen molar-refractivity contribution < 1.29 is 24.6 Å². The van der Waals surface area contributed by atoms with Crippen LogP contribution in [0, 0.1) is 6.92 Å². The normalized spacial score (nSPS) is 12.0. The molecule has 1 heterocycles. The fraction of sp³-hybridized carbons (Fsp3) is 0.190. The lowest BCUT2D eigenvalue weighted by atomic mass is 9.97. The van der Waals surface area contributed by atoms with Crippen LogP contribution in [0.5, 0.6) is 5.75 Å². The predicted octanol–water partition coefficient (Wildman–Crippen LogP) is 3.30. The summed E-state index contributed by atoms with van der Waals surface area (Å²) in [4.78, 5) is 36.4. The topological polar surface area (TPSA) is 109 Å². The Hall–Kier alpha value is -3.32. The van der Waals surface area contributed by atoms with E-state index in [2.05, 4.69) is 5.32 Å². The number of hydrogen-bond acceptors (Lipinski definition) is 4. The molecule has 7 nitrogen and oxygen atoms in total. The van der Waals surface area contributed by atoms with Crippen molar-refractivity contribution in [2.75, 3.05) is 6.54 Å². The summed E-state index contributed by atoms with van der Waals surface area (Å²) in [6.45, 7) is 2.82. The molecule has 1 atom stereocenters. The molecule has 0 fully saturated rings. The van der Waals surface area contributed by atoms with Gasteiger partial charge in [-0.25, -0.2) is 0 Å². The maximum atomic E-state index is 13.2. The second-order valence-corrected chi connectivity index (χ2v) is 7.12. The molecular weight excluding hydrogens is 396 g/mol. The average molecular weight is 415 g/mol. The Labute approximate surface area is 171 Å². The maximum absolute atomic E-state index is 13.2. The molecule has 150 valence electrons. The van der Waals surface area contributed by atoms with Gasteiger partial charge >= 0.3 is 5.97 Å². The Morgan fingerprint density at radius 1 is 1.17 bits per heavy atom. The van der Waals surface area contributed by atoms with Crippen LogP contribution in [0.3, 0.4) is 0 Å². The van der Waals surface area contributed by atoms with Crippen LogP contribution < -0.4 is 5.32 Å². The molecule has 0 bridgehead atoms. The molecule has 0 saturated heterocycles. The van der Waals surface area contributed by atoms with Crippen LogP contribution in [0.25, 0.3) is 10.9 Å². The van der Waals surface area contributed by atoms with E-state index in [-0.39, 0.29) is 11.7 Å². The van der Waals surface area contributed by atoms with E-state index in [0.717, 1.165) is 0 Å². The van der Waals surface area contributed by atoms with E-state index in [1.807, 2.05) is 0 Å². The van der Waals surface area contributed by atoms with Gasteiger partial charge in [0.1, 0.15) is 12.3 Å². The molecule has 2 aromatic carbocycles. The number of hydrogen-bond donors (Lipinski definition) is 3. The highest BCUT2D eigenvalue weighted by Gasteiger charge is 2.27. The molecule has 8 heteroatoms. The predicted molar refractivity (Wildman–Crippen MR) is 109 cm³/mol. The summed E-state index contributed by atoms with van der Waals surface area (Å²) in [6, 6.07) is 11.1. The second-order valence-electron chi connectivity index (χ2n) is 6.68. The number of benzene rings is 2. The summed E-state index contributed by atoms with van der Waals surface area (Å²) in [5.74, 6) is -2.73. The van der Waals surface area contributed by atoms with E-state index in [0.29, 0.717) is 32.7 Å². The van der Waals surface area contributed by atoms with Crippen LogP contribution >= 0.6 is 11.6 Å². The van der Waals surface area contributed by atoms with Gasteiger partial charge < -0.3 is 15.5 Å². The third-order valence-electron chi connectivity index (χ3n) is 4.75. The summed E-state index contributed by atoms with van der Waals surface area (Å²) in [5, 5.41) is 22.1. The van der Waals surface area contributed by atoms with E-state index in [4.69, 9.17) is 16.7 Å². The molecule has 0 aliphatic rings. The molecule has 0 spiro atoms. The van der Waals surface area contributed by atoms with Crippen molar-refractivity contribution >= 4 is 40.3 Å². The van der Waals surface area contributed by atoms with Crippen molar-refractivity contribution in [3.8, 4) is 5.75 Å². The number of nitrogens with one attached hydrogen (secondary N) is 1. The molecule has 0 saturated carbocycles. The number of aromatic nitrogens is 1. The number of fused-ring (bicyclic) bond motifs is 1. The number of halogens is 1. The monoisotopic (exact) mass is 414 g/mol. The number of nitrogens with zero attached hydrogens (tertiary/aromatic N) is 1. The van der Waals surface area contributed by atoms with Crippen LogP contribution in [0.2, 0.25) is 5.02 Å². The number of carboxylic acids is 1. The number of amides is 1. The number of aromatic hydroxyl groups is 1. The number of phenolic OH excluding ortho intramolecular Hbond substituents is 1. The Bertz CT molecular complexity index is 1140. The van der Waals surface area contributed by atoms with Gasteiger partial charge in [-0.15, -0.1) is 0 Å². The summed E-state index contributed by atoms with van der Waals surface area (Å²) < 4.78 is 1.47. The third kappa shape index (κ3) is 3.95. The van der Waals surface area contributed by atoms with Crippen molar-refractivity contribution in [1.82, 2.24) is 9.88 Å². The first-order chi connectivity index (χ1) is 13.7. The van der Waals surface area contributed by atoms with Crippen molar-refractivity contribution in [1.29, 1.82) is 0 Å².